The van der Waals surface area contributed by atoms with Gasteiger partial charge in [0.15, 0.2) is 11.8 Å². The standard InChI is InChI=1S/C37H52N2O8/c1-3-5-7-17-36(18-8-6-4-2)45-30-29-22-37(35(42)38-19-20-40)32(34(41)44-29)39(47-33(37)31(30)46-36)23-26-13-10-24(11-14-26)9-12-25-15-16-27-28(21-25)43-27/h9-14,25,27-33,40H,3-8,15-23H2,1-2H3,(H,38,42)/t25?,27?,28?,29-,30+,31+,32+,33-,37+/m1/s1. The number of hydrogen-bond donors (Lipinski definition) is 2. The Morgan fingerprint density at radius 1 is 1.00 bits per heavy atom. The van der Waals surface area contributed by atoms with Gasteiger partial charge in [-0.2, -0.15) is 5.06 Å². The molecule has 0 aromatic heterocycles. The van der Waals surface area contributed by atoms with Gasteiger partial charge in [-0.15, -0.1) is 0 Å². The quantitative estimate of drug-likeness (QED) is 0.156. The van der Waals surface area contributed by atoms with Gasteiger partial charge in [-0.25, -0.2) is 0 Å². The molecular weight excluding hydrogens is 600 g/mol. The molecule has 9 atom stereocenters. The van der Waals surface area contributed by atoms with E-state index >= 15 is 0 Å². The number of allylic oxidation sites excluding steroid dienone is 1. The summed E-state index contributed by atoms with van der Waals surface area (Å²) >= 11 is 0. The molecule has 1 amide bonds. The van der Waals surface area contributed by atoms with Crippen molar-refractivity contribution in [1.82, 2.24) is 10.4 Å². The molecule has 10 nitrogen and oxygen atoms in total. The maximum atomic E-state index is 14.1. The number of fused-ring (bicyclic) bond motifs is 5. The van der Waals surface area contributed by atoms with E-state index in [0.29, 0.717) is 24.7 Å². The minimum Gasteiger partial charge on any atom is -0.458 e. The number of amides is 1. The first-order chi connectivity index (χ1) is 22.9. The second-order valence-corrected chi connectivity index (χ2v) is 14.6. The van der Waals surface area contributed by atoms with E-state index in [-0.39, 0.29) is 25.5 Å². The van der Waals surface area contributed by atoms with E-state index in [1.807, 2.05) is 12.1 Å². The van der Waals surface area contributed by atoms with Crippen LogP contribution in [0.2, 0.25) is 0 Å². The van der Waals surface area contributed by atoms with Gasteiger partial charge < -0.3 is 29.4 Å². The average Bonchev–Trinajstić information content (AvgIpc) is 3.62. The number of hydroxylamine groups is 2. The van der Waals surface area contributed by atoms with Crippen molar-refractivity contribution in [3.05, 3.63) is 41.5 Å². The molecule has 0 radical (unpaired) electrons. The highest BCUT2D eigenvalue weighted by Crippen LogP contribution is 2.58. The lowest BCUT2D eigenvalue weighted by atomic mass is 9.62. The molecule has 7 rings (SSSR count). The molecule has 4 saturated heterocycles. The molecule has 258 valence electrons. The number of hydrogen-bond acceptors (Lipinski definition) is 9. The zero-order valence-corrected chi connectivity index (χ0v) is 27.9. The van der Waals surface area contributed by atoms with Crippen molar-refractivity contribution in [2.45, 2.75) is 146 Å². The summed E-state index contributed by atoms with van der Waals surface area (Å²) in [7, 11) is 0. The van der Waals surface area contributed by atoms with Gasteiger partial charge in [-0.1, -0.05) is 75.9 Å². The highest BCUT2D eigenvalue weighted by Gasteiger charge is 2.76. The van der Waals surface area contributed by atoms with Gasteiger partial charge in [-0.3, -0.25) is 14.4 Å². The molecule has 1 aromatic carbocycles. The Bertz CT molecular complexity index is 1290. The van der Waals surface area contributed by atoms with Crippen LogP contribution in [0, 0.1) is 11.3 Å². The number of nitrogens with zero attached hydrogens (tertiary/aromatic N) is 1. The predicted molar refractivity (Wildman–Crippen MR) is 173 cm³/mol. The topological polar surface area (TPSA) is 119 Å². The number of esters is 1. The Hall–Kier alpha value is -2.34. The van der Waals surface area contributed by atoms with Crippen LogP contribution in [-0.4, -0.2) is 83.7 Å². The van der Waals surface area contributed by atoms with Crippen molar-refractivity contribution < 1.29 is 38.5 Å². The summed E-state index contributed by atoms with van der Waals surface area (Å²) in [6, 6.07) is 7.31. The van der Waals surface area contributed by atoms with Crippen molar-refractivity contribution in [2.75, 3.05) is 13.2 Å². The summed E-state index contributed by atoms with van der Waals surface area (Å²) < 4.78 is 25.5. The van der Waals surface area contributed by atoms with E-state index in [0.717, 1.165) is 75.3 Å². The van der Waals surface area contributed by atoms with Crippen LogP contribution in [0.15, 0.2) is 30.3 Å². The molecule has 2 aliphatic carbocycles. The van der Waals surface area contributed by atoms with Crippen LogP contribution in [0.4, 0.5) is 0 Å². The lowest BCUT2D eigenvalue weighted by Gasteiger charge is -2.48. The first-order valence-electron chi connectivity index (χ1n) is 18.2. The van der Waals surface area contributed by atoms with E-state index in [9.17, 15) is 14.7 Å². The summed E-state index contributed by atoms with van der Waals surface area (Å²) in [5, 5.41) is 14.1. The largest absolute Gasteiger partial charge is 0.458 e. The van der Waals surface area contributed by atoms with E-state index < -0.39 is 47.6 Å². The third-order valence-corrected chi connectivity index (χ3v) is 11.3. The summed E-state index contributed by atoms with van der Waals surface area (Å²) in [5.74, 6) is -1.04. The van der Waals surface area contributed by atoms with Crippen LogP contribution in [0.5, 0.6) is 0 Å². The van der Waals surface area contributed by atoms with Crippen molar-refractivity contribution in [3.63, 3.8) is 0 Å². The summed E-state index contributed by atoms with van der Waals surface area (Å²) in [4.78, 5) is 34.6. The molecule has 2 saturated carbocycles. The Balaban J connectivity index is 1.13. The number of nitrogens with one attached hydrogen (secondary N) is 1. The van der Waals surface area contributed by atoms with Crippen LogP contribution < -0.4 is 5.32 Å². The third kappa shape index (κ3) is 6.42. The van der Waals surface area contributed by atoms with Crippen LogP contribution >= 0.6 is 0 Å². The Kier molecular flexibility index (Phi) is 9.80. The van der Waals surface area contributed by atoms with Gasteiger partial charge in [0.1, 0.15) is 29.8 Å². The fraction of sp³-hybridized carbons (Fsp3) is 0.730. The van der Waals surface area contributed by atoms with Gasteiger partial charge in [-0.05, 0) is 49.1 Å². The molecule has 4 aliphatic heterocycles. The van der Waals surface area contributed by atoms with Gasteiger partial charge >= 0.3 is 5.97 Å². The van der Waals surface area contributed by atoms with Crippen LogP contribution in [0.1, 0.15) is 102 Å². The fourth-order valence-corrected chi connectivity index (χ4v) is 8.80. The van der Waals surface area contributed by atoms with Crippen molar-refractivity contribution in [3.8, 4) is 0 Å². The lowest BCUT2D eigenvalue weighted by molar-refractivity contribution is -0.224. The van der Waals surface area contributed by atoms with Gasteiger partial charge in [0, 0.05) is 25.8 Å². The monoisotopic (exact) mass is 652 g/mol. The number of unbranched alkanes of at least 4 members (excludes halogenated alkanes) is 4. The lowest BCUT2D eigenvalue weighted by Crippen LogP contribution is -2.69. The first kappa shape index (κ1) is 33.2. The number of ether oxygens (including phenoxy) is 4. The molecule has 3 unspecified atom stereocenters. The number of rotatable bonds is 15. The average molecular weight is 653 g/mol. The zero-order valence-electron chi connectivity index (χ0n) is 27.9. The van der Waals surface area contributed by atoms with Crippen LogP contribution in [0.3, 0.4) is 0 Å². The van der Waals surface area contributed by atoms with Gasteiger partial charge in [0.05, 0.1) is 25.4 Å². The number of epoxide rings is 1. The summed E-state index contributed by atoms with van der Waals surface area (Å²) in [5.41, 5.74) is 0.850. The molecule has 0 spiro atoms. The van der Waals surface area contributed by atoms with E-state index in [1.165, 1.54) is 6.42 Å². The second kappa shape index (κ2) is 13.9. The SMILES string of the molecule is CCCCCC1(CCCCC)O[C@@H]2[C@H](O1)[C@H]1ON(Cc3ccc(C=CC4CCC5OC5C4)cc3)[C@H]3C(=O)O[C@@H]2C[C@@]13C(=O)NCCO. The van der Waals surface area contributed by atoms with Gasteiger partial charge in [0.2, 0.25) is 5.91 Å². The maximum Gasteiger partial charge on any atom is 0.327 e. The molecule has 47 heavy (non-hydrogen) atoms. The Morgan fingerprint density at radius 2 is 1.74 bits per heavy atom. The van der Waals surface area contributed by atoms with E-state index in [4.69, 9.17) is 23.8 Å². The number of aliphatic hydroxyl groups excluding tert-OH is 1. The minimum atomic E-state index is -1.23. The van der Waals surface area contributed by atoms with Crippen molar-refractivity contribution >= 4 is 18.0 Å². The smallest absolute Gasteiger partial charge is 0.327 e. The van der Waals surface area contributed by atoms with Crippen molar-refractivity contribution in [2.24, 2.45) is 11.3 Å². The normalized spacial score (nSPS) is 36.6. The molecule has 6 aliphatic rings. The molecule has 2 N–H and O–H groups in total. The Labute approximate surface area is 278 Å². The zero-order chi connectivity index (χ0) is 32.6. The predicted octanol–water partition coefficient (Wildman–Crippen LogP) is 4.82. The number of carbonyl (C=O) groups is 2. The van der Waals surface area contributed by atoms with Crippen LogP contribution in [-0.2, 0) is 39.9 Å². The second-order valence-electron chi connectivity index (χ2n) is 14.6. The van der Waals surface area contributed by atoms with Crippen LogP contribution in [0.25, 0.3) is 6.08 Å². The molecule has 4 heterocycles. The third-order valence-electron chi connectivity index (χ3n) is 11.3. The molecular formula is C37H52N2O8. The number of aliphatic hydroxyl groups is 1. The first-order valence-corrected chi connectivity index (χ1v) is 18.2. The number of benzene rings is 1. The summed E-state index contributed by atoms with van der Waals surface area (Å²) in [6.07, 6.45) is 14.5. The highest BCUT2D eigenvalue weighted by atomic mass is 16.8. The highest BCUT2D eigenvalue weighted by molar-refractivity contribution is 5.93. The van der Waals surface area contributed by atoms with Crippen molar-refractivity contribution in [1.29, 1.82) is 0 Å². The van der Waals surface area contributed by atoms with E-state index in [2.05, 4.69) is 43.4 Å². The minimum absolute atomic E-state index is 0.0905. The molecule has 6 fully saturated rings. The van der Waals surface area contributed by atoms with Gasteiger partial charge in [0.25, 0.3) is 0 Å². The van der Waals surface area contributed by atoms with E-state index in [1.54, 1.807) is 5.06 Å². The summed E-state index contributed by atoms with van der Waals surface area (Å²) in [6.45, 7) is 4.55. The molecule has 10 heteroatoms. The molecule has 2 bridgehead atoms. The number of carbonyl (C=O) groups excluding carboxylic acids is 2. The fourth-order valence-electron chi connectivity index (χ4n) is 8.80. The maximum absolute atomic E-state index is 14.1. The Morgan fingerprint density at radius 3 is 2.45 bits per heavy atom. The molecule has 1 aromatic rings.